The Morgan fingerprint density at radius 3 is 2.40 bits per heavy atom. The second-order valence-electron chi connectivity index (χ2n) is 9.28. The number of hydrogen-bond acceptors (Lipinski definition) is 8. The van der Waals surface area contributed by atoms with E-state index in [-0.39, 0.29) is 46.5 Å². The number of nitro groups is 1. The van der Waals surface area contributed by atoms with Crippen LogP contribution in [0.4, 0.5) is 10.5 Å². The number of carbonyl (C=O) groups excluding carboxylic acids is 2. The third-order valence-electron chi connectivity index (χ3n) is 5.52. The highest BCUT2D eigenvalue weighted by molar-refractivity contribution is 6.28. The molecule has 1 aliphatic rings. The van der Waals surface area contributed by atoms with Crippen LogP contribution in [0, 0.1) is 16.0 Å². The number of rotatable bonds is 7. The predicted octanol–water partition coefficient (Wildman–Crippen LogP) is 4.22. The van der Waals surface area contributed by atoms with Crippen LogP contribution in [-0.2, 0) is 4.74 Å². The van der Waals surface area contributed by atoms with Crippen molar-refractivity contribution in [2.45, 2.75) is 45.6 Å². The average Bonchev–Trinajstić information content (AvgIpc) is 2.78. The van der Waals surface area contributed by atoms with Gasteiger partial charge in [-0.15, -0.1) is 0 Å². The highest BCUT2D eigenvalue weighted by Gasteiger charge is 2.28. The first-order valence-electron chi connectivity index (χ1n) is 11.2. The Morgan fingerprint density at radius 2 is 1.86 bits per heavy atom. The van der Waals surface area contributed by atoms with Crippen molar-refractivity contribution >= 4 is 29.3 Å². The lowest BCUT2D eigenvalue weighted by molar-refractivity contribution is -0.385. The number of primary amides is 1. The molecule has 0 spiro atoms. The molecule has 0 radical (unpaired) electrons. The largest absolute Gasteiger partial charge is 0.487 e. The van der Waals surface area contributed by atoms with Crippen molar-refractivity contribution < 1.29 is 24.0 Å². The van der Waals surface area contributed by atoms with Crippen LogP contribution in [0.5, 0.6) is 5.75 Å². The number of piperidine rings is 1. The van der Waals surface area contributed by atoms with Crippen LogP contribution in [0.3, 0.4) is 0 Å². The maximum absolute atomic E-state index is 12.2. The number of nitrogens with two attached hydrogens (primary N) is 1. The fraction of sp³-hybridized carbons (Fsp3) is 0.478. The molecule has 0 unspecified atom stereocenters. The van der Waals surface area contributed by atoms with Gasteiger partial charge < -0.3 is 20.1 Å². The predicted molar refractivity (Wildman–Crippen MR) is 128 cm³/mol. The molecule has 2 N–H and O–H groups in total. The summed E-state index contributed by atoms with van der Waals surface area (Å²) in [6.07, 6.45) is 4.47. The van der Waals surface area contributed by atoms with Crippen LogP contribution >= 0.6 is 11.6 Å². The number of aromatic nitrogens is 2. The lowest BCUT2D eigenvalue weighted by Gasteiger charge is -2.33. The number of amides is 2. The van der Waals surface area contributed by atoms with E-state index in [4.69, 9.17) is 26.8 Å². The van der Waals surface area contributed by atoms with E-state index < -0.39 is 16.4 Å². The van der Waals surface area contributed by atoms with Gasteiger partial charge in [-0.2, -0.15) is 0 Å². The Hall–Kier alpha value is -3.47. The highest BCUT2D eigenvalue weighted by atomic mass is 35.5. The molecule has 12 heteroatoms. The maximum Gasteiger partial charge on any atom is 0.410 e. The van der Waals surface area contributed by atoms with Crippen LogP contribution in [0.2, 0.25) is 5.28 Å². The van der Waals surface area contributed by atoms with Crippen LogP contribution in [0.15, 0.2) is 24.5 Å². The zero-order valence-electron chi connectivity index (χ0n) is 19.8. The zero-order chi connectivity index (χ0) is 25.8. The molecule has 1 aromatic heterocycles. The quantitative estimate of drug-likeness (QED) is 0.333. The number of nitro benzene ring substituents is 1. The van der Waals surface area contributed by atoms with Crippen molar-refractivity contribution in [3.8, 4) is 16.9 Å². The van der Waals surface area contributed by atoms with Crippen molar-refractivity contribution in [1.82, 2.24) is 14.9 Å². The monoisotopic (exact) mass is 505 g/mol. The van der Waals surface area contributed by atoms with Gasteiger partial charge in [0.2, 0.25) is 11.2 Å². The van der Waals surface area contributed by atoms with Gasteiger partial charge in [0.15, 0.2) is 5.75 Å². The fourth-order valence-corrected chi connectivity index (χ4v) is 3.88. The van der Waals surface area contributed by atoms with Crippen molar-refractivity contribution in [3.63, 3.8) is 0 Å². The summed E-state index contributed by atoms with van der Waals surface area (Å²) < 4.78 is 11.2. The van der Waals surface area contributed by atoms with Crippen molar-refractivity contribution in [2.24, 2.45) is 11.7 Å². The summed E-state index contributed by atoms with van der Waals surface area (Å²) in [6, 6.07) is 2.58. The number of nitrogens with zero attached hydrogens (tertiary/aromatic N) is 4. The molecule has 0 bridgehead atoms. The Morgan fingerprint density at radius 1 is 1.23 bits per heavy atom. The molecule has 1 saturated heterocycles. The average molecular weight is 506 g/mol. The Kier molecular flexibility index (Phi) is 8.11. The van der Waals surface area contributed by atoms with Gasteiger partial charge in [0.1, 0.15) is 5.60 Å². The van der Waals surface area contributed by atoms with Crippen LogP contribution in [-0.4, -0.2) is 57.1 Å². The molecule has 2 aromatic rings. The zero-order valence-corrected chi connectivity index (χ0v) is 20.6. The first-order chi connectivity index (χ1) is 16.4. The molecule has 11 nitrogen and oxygen atoms in total. The third kappa shape index (κ3) is 7.01. The highest BCUT2D eigenvalue weighted by Crippen LogP contribution is 2.39. The lowest BCUT2D eigenvalue weighted by atomic mass is 9.94. The van der Waals surface area contributed by atoms with E-state index in [1.165, 1.54) is 24.5 Å². The summed E-state index contributed by atoms with van der Waals surface area (Å²) in [7, 11) is 0. The summed E-state index contributed by atoms with van der Waals surface area (Å²) in [5, 5.41) is 11.9. The molecular weight excluding hydrogens is 478 g/mol. The summed E-state index contributed by atoms with van der Waals surface area (Å²) >= 11 is 5.73. The summed E-state index contributed by atoms with van der Waals surface area (Å²) in [4.78, 5) is 44.8. The van der Waals surface area contributed by atoms with Gasteiger partial charge in [-0.25, -0.2) is 14.8 Å². The maximum atomic E-state index is 12.2. The normalized spacial score (nSPS) is 14.5. The van der Waals surface area contributed by atoms with Crippen molar-refractivity contribution in [1.29, 1.82) is 0 Å². The van der Waals surface area contributed by atoms with E-state index in [0.717, 1.165) is 12.8 Å². The Labute approximate surface area is 207 Å². The molecule has 2 amide bonds. The molecule has 0 saturated carbocycles. The molecular formula is C23H28ClN5O6. The van der Waals surface area contributed by atoms with E-state index in [0.29, 0.717) is 25.1 Å². The molecule has 2 heterocycles. The summed E-state index contributed by atoms with van der Waals surface area (Å²) in [5.41, 5.74) is 5.03. The van der Waals surface area contributed by atoms with Crippen molar-refractivity contribution in [3.05, 3.63) is 45.5 Å². The first kappa shape index (κ1) is 26.1. The molecule has 188 valence electrons. The first-order valence-corrected chi connectivity index (χ1v) is 11.5. The number of ether oxygens (including phenoxy) is 2. The van der Waals surface area contributed by atoms with Gasteiger partial charge in [-0.05, 0) is 63.6 Å². The minimum Gasteiger partial charge on any atom is -0.487 e. The fourth-order valence-electron chi connectivity index (χ4n) is 3.79. The number of carbonyl (C=O) groups is 2. The Balaban J connectivity index is 1.70. The molecule has 1 fully saturated rings. The van der Waals surface area contributed by atoms with Gasteiger partial charge in [0, 0.05) is 42.7 Å². The molecule has 3 rings (SSSR count). The van der Waals surface area contributed by atoms with Crippen molar-refractivity contribution in [2.75, 3.05) is 19.7 Å². The molecule has 1 aliphatic heterocycles. The second kappa shape index (κ2) is 10.9. The van der Waals surface area contributed by atoms with E-state index in [1.807, 2.05) is 20.8 Å². The Bertz CT molecular complexity index is 1090. The van der Waals surface area contributed by atoms with Crippen LogP contribution < -0.4 is 10.5 Å². The summed E-state index contributed by atoms with van der Waals surface area (Å²) in [6.45, 7) is 6.80. The minimum atomic E-state index is -0.754. The van der Waals surface area contributed by atoms with Gasteiger partial charge in [0.05, 0.1) is 17.1 Å². The number of benzene rings is 1. The van der Waals surface area contributed by atoms with E-state index in [9.17, 15) is 19.7 Å². The number of hydrogen-bond donors (Lipinski definition) is 1. The molecule has 1 aromatic carbocycles. The smallest absolute Gasteiger partial charge is 0.410 e. The molecule has 0 aliphatic carbocycles. The SMILES string of the molecule is CC(C)(C)OC(=O)N1CCC(CCOc2cc(C(N)=O)cc(-c3cnc(Cl)nc3)c2[N+](=O)[O-])CC1. The van der Waals surface area contributed by atoms with E-state index in [2.05, 4.69) is 9.97 Å². The van der Waals surface area contributed by atoms with E-state index in [1.54, 1.807) is 4.90 Å². The van der Waals surface area contributed by atoms with E-state index >= 15 is 0 Å². The lowest BCUT2D eigenvalue weighted by Crippen LogP contribution is -2.41. The standard InChI is InChI=1S/C23H28ClN5O6/c1-23(2,3)35-22(31)28-7-4-14(5-8-28)6-9-34-18-11-15(20(25)30)10-17(19(18)29(32)33)16-12-26-21(24)27-13-16/h10-14H,4-9H2,1-3H3,(H2,25,30). The number of likely N-dealkylation sites (tertiary alicyclic amines) is 1. The molecule has 0 atom stereocenters. The number of halogens is 1. The second-order valence-corrected chi connectivity index (χ2v) is 9.62. The van der Waals surface area contributed by atoms with Crippen LogP contribution in [0.1, 0.15) is 50.4 Å². The minimum absolute atomic E-state index is 0.0170. The van der Waals surface area contributed by atoms with Gasteiger partial charge in [-0.3, -0.25) is 14.9 Å². The van der Waals surface area contributed by atoms with Crippen LogP contribution in [0.25, 0.3) is 11.1 Å². The molecule has 35 heavy (non-hydrogen) atoms. The third-order valence-corrected chi connectivity index (χ3v) is 5.72. The van der Waals surface area contributed by atoms with Gasteiger partial charge in [-0.1, -0.05) is 0 Å². The topological polar surface area (TPSA) is 151 Å². The van der Waals surface area contributed by atoms with Gasteiger partial charge in [0.25, 0.3) is 0 Å². The summed E-state index contributed by atoms with van der Waals surface area (Å²) in [5.74, 6) is -0.547. The van der Waals surface area contributed by atoms with Gasteiger partial charge >= 0.3 is 11.8 Å².